The first-order chi connectivity index (χ1) is 9.54. The highest BCUT2D eigenvalue weighted by Gasteiger charge is 2.32. The van der Waals surface area contributed by atoms with Crippen LogP contribution < -0.4 is 0 Å². The molecule has 0 amide bonds. The van der Waals surface area contributed by atoms with Crippen LogP contribution in [0.3, 0.4) is 0 Å². The third kappa shape index (κ3) is 1.97. The number of methoxy groups -OCH3 is 1. The topological polar surface area (TPSA) is 9.23 Å². The molecule has 0 fully saturated rings. The summed E-state index contributed by atoms with van der Waals surface area (Å²) in [7, 11) is 1.79. The van der Waals surface area contributed by atoms with E-state index >= 15 is 0 Å². The minimum absolute atomic E-state index is 0.153. The van der Waals surface area contributed by atoms with E-state index in [0.29, 0.717) is 5.92 Å². The van der Waals surface area contributed by atoms with Gasteiger partial charge in [-0.3, -0.25) is 0 Å². The lowest BCUT2D eigenvalue weighted by Gasteiger charge is -2.23. The van der Waals surface area contributed by atoms with E-state index in [1.165, 1.54) is 27.8 Å². The van der Waals surface area contributed by atoms with Crippen molar-refractivity contribution in [2.75, 3.05) is 13.7 Å². The molecule has 0 heterocycles. The summed E-state index contributed by atoms with van der Waals surface area (Å²) >= 11 is 0. The standard InChI is InChI=1S/C19H22O/c1-19(2,3)17-11-7-10-15-16(12-20-4)13-8-5-6-9-14(13)18(15)17/h5-11,16H,12H2,1-4H3. The van der Waals surface area contributed by atoms with Crippen LogP contribution in [0.4, 0.5) is 0 Å². The summed E-state index contributed by atoms with van der Waals surface area (Å²) in [5, 5.41) is 0. The Balaban J connectivity index is 2.28. The molecule has 0 saturated carbocycles. The highest BCUT2D eigenvalue weighted by molar-refractivity contribution is 5.82. The van der Waals surface area contributed by atoms with E-state index in [2.05, 4.69) is 63.2 Å². The molecule has 0 bridgehead atoms. The molecule has 1 aliphatic rings. The van der Waals surface area contributed by atoms with Gasteiger partial charge in [0.15, 0.2) is 0 Å². The monoisotopic (exact) mass is 266 g/mol. The van der Waals surface area contributed by atoms with Crippen LogP contribution in [0, 0.1) is 0 Å². The molecule has 104 valence electrons. The SMILES string of the molecule is COCC1c2ccccc2-c2c1cccc2C(C)(C)C. The van der Waals surface area contributed by atoms with Crippen molar-refractivity contribution in [2.24, 2.45) is 0 Å². The average molecular weight is 266 g/mol. The molecule has 20 heavy (non-hydrogen) atoms. The highest BCUT2D eigenvalue weighted by Crippen LogP contribution is 2.48. The molecular formula is C19H22O. The van der Waals surface area contributed by atoms with Gasteiger partial charge in [-0.2, -0.15) is 0 Å². The maximum Gasteiger partial charge on any atom is 0.0572 e. The Labute approximate surface area is 121 Å². The maximum absolute atomic E-state index is 5.46. The van der Waals surface area contributed by atoms with Crippen molar-refractivity contribution in [1.82, 2.24) is 0 Å². The van der Waals surface area contributed by atoms with Gasteiger partial charge in [0.1, 0.15) is 0 Å². The molecule has 1 nitrogen and oxygen atoms in total. The van der Waals surface area contributed by atoms with E-state index in [0.717, 1.165) is 6.61 Å². The van der Waals surface area contributed by atoms with Gasteiger partial charge in [0.05, 0.1) is 6.61 Å². The summed E-state index contributed by atoms with van der Waals surface area (Å²) in [4.78, 5) is 0. The van der Waals surface area contributed by atoms with Gasteiger partial charge in [-0.1, -0.05) is 63.2 Å². The van der Waals surface area contributed by atoms with E-state index < -0.39 is 0 Å². The van der Waals surface area contributed by atoms with Gasteiger partial charge >= 0.3 is 0 Å². The summed E-state index contributed by atoms with van der Waals surface area (Å²) in [5.41, 5.74) is 7.22. The predicted molar refractivity (Wildman–Crippen MR) is 84.3 cm³/mol. The molecular weight excluding hydrogens is 244 g/mol. The van der Waals surface area contributed by atoms with Crippen LogP contribution in [0.25, 0.3) is 11.1 Å². The second-order valence-corrected chi connectivity index (χ2v) is 6.61. The van der Waals surface area contributed by atoms with E-state index in [9.17, 15) is 0 Å². The fourth-order valence-electron chi connectivity index (χ4n) is 3.33. The Morgan fingerprint density at radius 3 is 2.35 bits per heavy atom. The quantitative estimate of drug-likeness (QED) is 0.762. The molecule has 2 aromatic carbocycles. The Morgan fingerprint density at radius 2 is 1.65 bits per heavy atom. The first-order valence-electron chi connectivity index (χ1n) is 7.25. The molecule has 0 N–H and O–H groups in total. The second-order valence-electron chi connectivity index (χ2n) is 6.61. The zero-order valence-electron chi connectivity index (χ0n) is 12.7. The molecule has 0 spiro atoms. The Morgan fingerprint density at radius 1 is 0.950 bits per heavy atom. The van der Waals surface area contributed by atoms with Crippen molar-refractivity contribution >= 4 is 0 Å². The number of ether oxygens (including phenoxy) is 1. The molecule has 1 aliphatic carbocycles. The van der Waals surface area contributed by atoms with Gasteiger partial charge in [-0.05, 0) is 33.2 Å². The maximum atomic E-state index is 5.46. The van der Waals surface area contributed by atoms with Gasteiger partial charge in [0.25, 0.3) is 0 Å². The summed E-state index contributed by atoms with van der Waals surface area (Å²) in [5.74, 6) is 0.369. The number of hydrogen-bond acceptors (Lipinski definition) is 1. The van der Waals surface area contributed by atoms with Crippen LogP contribution in [0.1, 0.15) is 43.4 Å². The number of benzene rings is 2. The van der Waals surface area contributed by atoms with Crippen molar-refractivity contribution in [1.29, 1.82) is 0 Å². The number of fused-ring (bicyclic) bond motifs is 3. The summed E-state index contributed by atoms with van der Waals surface area (Å²) < 4.78 is 5.46. The Bertz CT molecular complexity index is 634. The zero-order chi connectivity index (χ0) is 14.3. The Hall–Kier alpha value is -1.60. The smallest absolute Gasteiger partial charge is 0.0572 e. The van der Waals surface area contributed by atoms with Crippen LogP contribution >= 0.6 is 0 Å². The molecule has 0 radical (unpaired) electrons. The van der Waals surface area contributed by atoms with Gasteiger partial charge in [0, 0.05) is 13.0 Å². The number of hydrogen-bond donors (Lipinski definition) is 0. The average Bonchev–Trinajstić information content (AvgIpc) is 2.73. The van der Waals surface area contributed by atoms with Gasteiger partial charge in [0.2, 0.25) is 0 Å². The van der Waals surface area contributed by atoms with Crippen LogP contribution in [-0.4, -0.2) is 13.7 Å². The van der Waals surface area contributed by atoms with Crippen LogP contribution in [0.15, 0.2) is 42.5 Å². The third-order valence-electron chi connectivity index (χ3n) is 4.22. The lowest BCUT2D eigenvalue weighted by Crippen LogP contribution is -2.13. The van der Waals surface area contributed by atoms with Gasteiger partial charge < -0.3 is 4.74 Å². The first kappa shape index (κ1) is 13.4. The van der Waals surface area contributed by atoms with Crippen molar-refractivity contribution in [2.45, 2.75) is 32.1 Å². The lowest BCUT2D eigenvalue weighted by molar-refractivity contribution is 0.190. The summed E-state index contributed by atoms with van der Waals surface area (Å²) in [6, 6.07) is 15.5. The largest absolute Gasteiger partial charge is 0.384 e. The first-order valence-corrected chi connectivity index (χ1v) is 7.25. The summed E-state index contributed by atoms with van der Waals surface area (Å²) in [6.07, 6.45) is 0. The van der Waals surface area contributed by atoms with Gasteiger partial charge in [-0.25, -0.2) is 0 Å². The third-order valence-corrected chi connectivity index (χ3v) is 4.22. The van der Waals surface area contributed by atoms with Crippen molar-refractivity contribution < 1.29 is 4.74 Å². The van der Waals surface area contributed by atoms with Crippen LogP contribution in [-0.2, 0) is 10.2 Å². The van der Waals surface area contributed by atoms with Crippen LogP contribution in [0.2, 0.25) is 0 Å². The van der Waals surface area contributed by atoms with E-state index in [-0.39, 0.29) is 5.41 Å². The molecule has 0 aliphatic heterocycles. The van der Waals surface area contributed by atoms with Crippen LogP contribution in [0.5, 0.6) is 0 Å². The van der Waals surface area contributed by atoms with Gasteiger partial charge in [-0.15, -0.1) is 0 Å². The van der Waals surface area contributed by atoms with E-state index in [4.69, 9.17) is 4.74 Å². The zero-order valence-corrected chi connectivity index (χ0v) is 12.7. The second kappa shape index (κ2) is 4.75. The molecule has 1 heteroatoms. The van der Waals surface area contributed by atoms with Crippen molar-refractivity contribution in [3.8, 4) is 11.1 Å². The highest BCUT2D eigenvalue weighted by atomic mass is 16.5. The minimum Gasteiger partial charge on any atom is -0.384 e. The molecule has 0 saturated heterocycles. The van der Waals surface area contributed by atoms with Crippen molar-refractivity contribution in [3.63, 3.8) is 0 Å². The van der Waals surface area contributed by atoms with E-state index in [1.807, 2.05) is 0 Å². The molecule has 3 rings (SSSR count). The fourth-order valence-corrected chi connectivity index (χ4v) is 3.33. The van der Waals surface area contributed by atoms with Crippen molar-refractivity contribution in [3.05, 3.63) is 59.2 Å². The molecule has 2 aromatic rings. The fraction of sp³-hybridized carbons (Fsp3) is 0.368. The number of rotatable bonds is 2. The predicted octanol–water partition coefficient (Wildman–Crippen LogP) is 4.74. The molecule has 1 unspecified atom stereocenters. The summed E-state index contributed by atoms with van der Waals surface area (Å²) in [6.45, 7) is 7.61. The molecule has 1 atom stereocenters. The normalized spacial score (nSPS) is 16.9. The Kier molecular flexibility index (Phi) is 3.18. The minimum atomic E-state index is 0.153. The molecule has 0 aromatic heterocycles. The van der Waals surface area contributed by atoms with E-state index in [1.54, 1.807) is 7.11 Å². The lowest BCUT2D eigenvalue weighted by atomic mass is 9.81.